The Hall–Kier alpha value is -3.29. The number of amides is 1. The molecule has 0 unspecified atom stereocenters. The van der Waals surface area contributed by atoms with Gasteiger partial charge in [-0.15, -0.1) is 0 Å². The smallest absolute Gasteiger partial charge is 0.353 e. The fraction of sp³-hybridized carbons (Fsp3) is 0.0714. The molecule has 2 rings (SSSR count). The van der Waals surface area contributed by atoms with Crippen LogP contribution in [0.2, 0.25) is 0 Å². The average molecular weight is 304 g/mol. The Morgan fingerprint density at radius 1 is 1.18 bits per heavy atom. The monoisotopic (exact) mass is 304 g/mol. The number of phenols is 3. The molecule has 0 saturated carbocycles. The van der Waals surface area contributed by atoms with Crippen LogP contribution in [0.15, 0.2) is 30.3 Å². The SMILES string of the molecule is Cc1cccc(NC(=O)c2c(O)cc(O)c([N+](=O)[O-])c2O)c1. The number of aromatic hydroxyl groups is 3. The molecule has 8 nitrogen and oxygen atoms in total. The summed E-state index contributed by atoms with van der Waals surface area (Å²) in [7, 11) is 0. The van der Waals surface area contributed by atoms with Gasteiger partial charge in [0.05, 0.1) is 4.92 Å². The molecular formula is C14H12N2O6. The van der Waals surface area contributed by atoms with Crippen LogP contribution < -0.4 is 5.32 Å². The van der Waals surface area contributed by atoms with Gasteiger partial charge < -0.3 is 20.6 Å². The molecule has 4 N–H and O–H groups in total. The maximum Gasteiger partial charge on any atom is 0.353 e. The van der Waals surface area contributed by atoms with Crippen LogP contribution in [0.5, 0.6) is 17.2 Å². The Labute approximate surface area is 124 Å². The van der Waals surface area contributed by atoms with Crippen LogP contribution in [-0.4, -0.2) is 26.2 Å². The van der Waals surface area contributed by atoms with Gasteiger partial charge in [-0.2, -0.15) is 0 Å². The largest absolute Gasteiger partial charge is 0.507 e. The molecule has 0 radical (unpaired) electrons. The van der Waals surface area contributed by atoms with Crippen molar-refractivity contribution < 1.29 is 25.0 Å². The Morgan fingerprint density at radius 2 is 1.86 bits per heavy atom. The van der Waals surface area contributed by atoms with Gasteiger partial charge in [0.25, 0.3) is 5.91 Å². The summed E-state index contributed by atoms with van der Waals surface area (Å²) in [5, 5.41) is 42.1. The molecule has 114 valence electrons. The lowest BCUT2D eigenvalue weighted by Gasteiger charge is -2.10. The molecule has 0 heterocycles. The van der Waals surface area contributed by atoms with Crippen molar-refractivity contribution in [3.63, 3.8) is 0 Å². The highest BCUT2D eigenvalue weighted by molar-refractivity contribution is 6.09. The predicted octanol–water partition coefficient (Wildman–Crippen LogP) is 2.27. The third-order valence-corrected chi connectivity index (χ3v) is 2.92. The van der Waals surface area contributed by atoms with Gasteiger partial charge in [-0.25, -0.2) is 0 Å². The Kier molecular flexibility index (Phi) is 3.85. The second-order valence-corrected chi connectivity index (χ2v) is 4.57. The molecule has 2 aromatic carbocycles. The summed E-state index contributed by atoms with van der Waals surface area (Å²) in [4.78, 5) is 21.9. The van der Waals surface area contributed by atoms with Crippen molar-refractivity contribution in [2.45, 2.75) is 6.92 Å². The van der Waals surface area contributed by atoms with Crippen LogP contribution in [0.4, 0.5) is 11.4 Å². The maximum atomic E-state index is 12.1. The fourth-order valence-corrected chi connectivity index (χ4v) is 1.95. The first-order chi connectivity index (χ1) is 10.3. The number of carbonyl (C=O) groups is 1. The quantitative estimate of drug-likeness (QED) is 0.508. The van der Waals surface area contributed by atoms with Gasteiger partial charge >= 0.3 is 5.69 Å². The minimum absolute atomic E-state index is 0.388. The molecule has 0 bridgehead atoms. The van der Waals surface area contributed by atoms with Crippen molar-refractivity contribution in [2.75, 3.05) is 5.32 Å². The van der Waals surface area contributed by atoms with Crippen molar-refractivity contribution in [2.24, 2.45) is 0 Å². The third-order valence-electron chi connectivity index (χ3n) is 2.92. The number of aryl methyl sites for hydroxylation is 1. The van der Waals surface area contributed by atoms with E-state index in [4.69, 9.17) is 0 Å². The van der Waals surface area contributed by atoms with E-state index in [-0.39, 0.29) is 0 Å². The Morgan fingerprint density at radius 3 is 2.45 bits per heavy atom. The minimum Gasteiger partial charge on any atom is -0.507 e. The summed E-state index contributed by atoms with van der Waals surface area (Å²) < 4.78 is 0. The lowest BCUT2D eigenvalue weighted by molar-refractivity contribution is -0.386. The first-order valence-electron chi connectivity index (χ1n) is 6.11. The molecule has 8 heteroatoms. The van der Waals surface area contributed by atoms with E-state index in [1.807, 2.05) is 0 Å². The van der Waals surface area contributed by atoms with Crippen molar-refractivity contribution in [3.8, 4) is 17.2 Å². The lowest BCUT2D eigenvalue weighted by atomic mass is 10.1. The molecule has 1 amide bonds. The Bertz CT molecular complexity index is 772. The average Bonchev–Trinajstić information content (AvgIpc) is 2.37. The molecule has 0 aliphatic carbocycles. The summed E-state index contributed by atoms with van der Waals surface area (Å²) in [5.41, 5.74) is -0.486. The number of hydrogen-bond donors (Lipinski definition) is 4. The number of anilines is 1. The summed E-state index contributed by atoms with van der Waals surface area (Å²) in [6.45, 7) is 1.80. The second-order valence-electron chi connectivity index (χ2n) is 4.57. The van der Waals surface area contributed by atoms with Gasteiger partial charge in [0.1, 0.15) is 11.3 Å². The van der Waals surface area contributed by atoms with E-state index >= 15 is 0 Å². The topological polar surface area (TPSA) is 133 Å². The zero-order chi connectivity index (χ0) is 16.4. The third kappa shape index (κ3) is 2.75. The van der Waals surface area contributed by atoms with Crippen molar-refractivity contribution in [3.05, 3.63) is 51.6 Å². The number of nitrogens with one attached hydrogen (secondary N) is 1. The molecule has 0 aromatic heterocycles. The van der Waals surface area contributed by atoms with Crippen molar-refractivity contribution in [1.29, 1.82) is 0 Å². The first kappa shape index (κ1) is 15.1. The van der Waals surface area contributed by atoms with E-state index in [1.54, 1.807) is 31.2 Å². The lowest BCUT2D eigenvalue weighted by Crippen LogP contribution is -2.13. The van der Waals surface area contributed by atoms with Crippen LogP contribution in [-0.2, 0) is 0 Å². The van der Waals surface area contributed by atoms with Gasteiger partial charge in [0.2, 0.25) is 11.5 Å². The summed E-state index contributed by atoms with van der Waals surface area (Å²) in [6.07, 6.45) is 0. The molecule has 22 heavy (non-hydrogen) atoms. The van der Waals surface area contributed by atoms with E-state index < -0.39 is 39.3 Å². The highest BCUT2D eigenvalue weighted by Crippen LogP contribution is 2.43. The van der Waals surface area contributed by atoms with E-state index in [2.05, 4.69) is 5.32 Å². The molecule has 0 aliphatic heterocycles. The van der Waals surface area contributed by atoms with E-state index in [1.165, 1.54) is 0 Å². The van der Waals surface area contributed by atoms with Gasteiger partial charge in [-0.1, -0.05) is 12.1 Å². The zero-order valence-corrected chi connectivity index (χ0v) is 11.4. The molecule has 0 atom stereocenters. The van der Waals surface area contributed by atoms with E-state index in [0.717, 1.165) is 5.56 Å². The molecule has 0 fully saturated rings. The molecule has 0 saturated heterocycles. The molecule has 0 spiro atoms. The van der Waals surface area contributed by atoms with Crippen LogP contribution >= 0.6 is 0 Å². The molecule has 2 aromatic rings. The van der Waals surface area contributed by atoms with E-state index in [0.29, 0.717) is 11.8 Å². The summed E-state index contributed by atoms with van der Waals surface area (Å²) in [6, 6.07) is 7.33. The second kappa shape index (κ2) is 5.60. The molecular weight excluding hydrogens is 292 g/mol. The van der Waals surface area contributed by atoms with Gasteiger partial charge in [-0.3, -0.25) is 14.9 Å². The van der Waals surface area contributed by atoms with Crippen LogP contribution in [0.25, 0.3) is 0 Å². The number of hydrogen-bond acceptors (Lipinski definition) is 6. The number of nitrogens with zero attached hydrogens (tertiary/aromatic N) is 1. The molecule has 0 aliphatic rings. The predicted molar refractivity (Wildman–Crippen MR) is 77.2 cm³/mol. The van der Waals surface area contributed by atoms with Crippen LogP contribution in [0.1, 0.15) is 15.9 Å². The number of phenolic OH excluding ortho intramolecular Hbond substituents is 3. The van der Waals surface area contributed by atoms with Crippen LogP contribution in [0, 0.1) is 17.0 Å². The van der Waals surface area contributed by atoms with Gasteiger partial charge in [-0.05, 0) is 24.6 Å². The normalized spacial score (nSPS) is 10.2. The first-order valence-corrected chi connectivity index (χ1v) is 6.11. The van der Waals surface area contributed by atoms with Crippen molar-refractivity contribution >= 4 is 17.3 Å². The maximum absolute atomic E-state index is 12.1. The zero-order valence-electron chi connectivity index (χ0n) is 11.4. The minimum atomic E-state index is -1.10. The fourth-order valence-electron chi connectivity index (χ4n) is 1.95. The number of benzene rings is 2. The highest BCUT2D eigenvalue weighted by Gasteiger charge is 2.29. The Balaban J connectivity index is 2.46. The number of nitro benzene ring substituents is 1. The number of nitro groups is 1. The van der Waals surface area contributed by atoms with Crippen LogP contribution in [0.3, 0.4) is 0 Å². The van der Waals surface area contributed by atoms with Gasteiger partial charge in [0.15, 0.2) is 0 Å². The number of rotatable bonds is 3. The number of carbonyl (C=O) groups excluding carboxylic acids is 1. The van der Waals surface area contributed by atoms with Gasteiger partial charge in [0, 0.05) is 11.8 Å². The standard InChI is InChI=1S/C14H12N2O6/c1-7-3-2-4-8(5-7)15-14(20)11-9(17)6-10(18)12(13(11)19)16(21)22/h2-6,17-19H,1H3,(H,15,20). The van der Waals surface area contributed by atoms with E-state index in [9.17, 15) is 30.2 Å². The highest BCUT2D eigenvalue weighted by atomic mass is 16.6. The van der Waals surface area contributed by atoms with Crippen molar-refractivity contribution in [1.82, 2.24) is 0 Å². The summed E-state index contributed by atoms with van der Waals surface area (Å²) in [5.74, 6) is -3.76. The summed E-state index contributed by atoms with van der Waals surface area (Å²) >= 11 is 0.